The summed E-state index contributed by atoms with van der Waals surface area (Å²) in [6.45, 7) is 4.08. The Kier molecular flexibility index (Phi) is 2.41. The Morgan fingerprint density at radius 1 is 1.50 bits per heavy atom. The Balaban J connectivity index is 2.31. The van der Waals surface area contributed by atoms with Crippen molar-refractivity contribution in [1.29, 1.82) is 0 Å². The topological polar surface area (TPSA) is 76.5 Å². The molecule has 1 aliphatic rings. The number of rotatable bonds is 2. The maximum absolute atomic E-state index is 11.3. The van der Waals surface area contributed by atoms with Crippen LogP contribution in [0.4, 0.5) is 4.79 Å². The van der Waals surface area contributed by atoms with Gasteiger partial charge in [-0.1, -0.05) is 0 Å². The lowest BCUT2D eigenvalue weighted by Gasteiger charge is -2.17. The van der Waals surface area contributed by atoms with Crippen LogP contribution in [0.2, 0.25) is 0 Å². The van der Waals surface area contributed by atoms with Gasteiger partial charge in [-0.15, -0.1) is 0 Å². The number of nitrogens with zero attached hydrogens (tertiary/aromatic N) is 4. The zero-order chi connectivity index (χ0) is 11.9. The number of hydrogen-bond donors (Lipinski definition) is 1. The van der Waals surface area contributed by atoms with E-state index in [1.807, 2.05) is 24.7 Å². The highest BCUT2D eigenvalue weighted by atomic mass is 16.2. The largest absolute Gasteiger partial charge is 0.385 e. The Morgan fingerprint density at radius 2 is 2.19 bits per heavy atom. The van der Waals surface area contributed by atoms with E-state index in [1.165, 1.54) is 4.90 Å². The van der Waals surface area contributed by atoms with Gasteiger partial charge < -0.3 is 10.6 Å². The number of amides is 2. The van der Waals surface area contributed by atoms with E-state index in [1.54, 1.807) is 13.2 Å². The summed E-state index contributed by atoms with van der Waals surface area (Å²) in [6.07, 6.45) is 3.62. The number of nitrogens with two attached hydrogens (primary N) is 1. The molecule has 1 aromatic heterocycles. The summed E-state index contributed by atoms with van der Waals surface area (Å²) in [6, 6.07) is -0.297. The van der Waals surface area contributed by atoms with E-state index >= 15 is 0 Å². The zero-order valence-electron chi connectivity index (χ0n) is 9.58. The monoisotopic (exact) mass is 221 g/mol. The average Bonchev–Trinajstić information content (AvgIpc) is 2.74. The van der Waals surface area contributed by atoms with E-state index in [-0.39, 0.29) is 18.1 Å². The molecule has 0 saturated heterocycles. The highest BCUT2D eigenvalue weighted by Gasteiger charge is 2.32. The number of carbonyl (C=O) groups excluding carboxylic acids is 1. The average molecular weight is 221 g/mol. The second kappa shape index (κ2) is 3.62. The molecule has 0 bridgehead atoms. The van der Waals surface area contributed by atoms with Crippen LogP contribution in [0.25, 0.3) is 0 Å². The lowest BCUT2D eigenvalue weighted by atomic mass is 10.1. The molecule has 0 aromatic carbocycles. The second-order valence-electron chi connectivity index (χ2n) is 4.18. The summed E-state index contributed by atoms with van der Waals surface area (Å²) in [5, 5.41) is 4.22. The third-order valence-corrected chi connectivity index (χ3v) is 2.66. The van der Waals surface area contributed by atoms with Gasteiger partial charge in [0, 0.05) is 24.8 Å². The minimum Gasteiger partial charge on any atom is -0.385 e. The quantitative estimate of drug-likeness (QED) is 0.807. The van der Waals surface area contributed by atoms with Gasteiger partial charge in [0.2, 0.25) is 0 Å². The number of aromatic nitrogens is 2. The second-order valence-corrected chi connectivity index (χ2v) is 4.18. The van der Waals surface area contributed by atoms with Gasteiger partial charge >= 0.3 is 6.03 Å². The summed E-state index contributed by atoms with van der Waals surface area (Å²) < 4.78 is 1.83. The van der Waals surface area contributed by atoms with Crippen molar-refractivity contribution < 1.29 is 4.79 Å². The highest BCUT2D eigenvalue weighted by molar-refractivity contribution is 6.03. The number of hydrogen-bond acceptors (Lipinski definition) is 3. The van der Waals surface area contributed by atoms with E-state index < -0.39 is 0 Å². The third-order valence-electron chi connectivity index (χ3n) is 2.66. The van der Waals surface area contributed by atoms with Crippen LogP contribution in [-0.4, -0.2) is 33.6 Å². The van der Waals surface area contributed by atoms with Crippen molar-refractivity contribution in [3.63, 3.8) is 0 Å². The van der Waals surface area contributed by atoms with Crippen molar-refractivity contribution in [3.8, 4) is 0 Å². The lowest BCUT2D eigenvalue weighted by Crippen LogP contribution is -2.29. The van der Waals surface area contributed by atoms with Crippen molar-refractivity contribution in [1.82, 2.24) is 14.7 Å². The molecular weight excluding hydrogens is 206 g/mol. The van der Waals surface area contributed by atoms with Crippen LogP contribution in [-0.2, 0) is 0 Å². The summed E-state index contributed by atoms with van der Waals surface area (Å²) in [5.74, 6) is 0.329. The van der Waals surface area contributed by atoms with E-state index in [0.717, 1.165) is 5.56 Å². The molecule has 2 rings (SSSR count). The molecule has 2 amide bonds. The first kappa shape index (κ1) is 10.7. The summed E-state index contributed by atoms with van der Waals surface area (Å²) >= 11 is 0. The number of carbonyl (C=O) groups is 1. The van der Waals surface area contributed by atoms with E-state index in [2.05, 4.69) is 10.1 Å². The Hall–Kier alpha value is -1.85. The molecule has 2 N–H and O–H groups in total. The fraction of sp³-hybridized carbons (Fsp3) is 0.500. The number of likely N-dealkylation sites (N-methyl/N-ethyl adjacent to an activating group) is 1. The smallest absolute Gasteiger partial charge is 0.345 e. The predicted octanol–water partition coefficient (Wildman–Crippen LogP) is 0.928. The van der Waals surface area contributed by atoms with E-state index in [9.17, 15) is 4.79 Å². The molecule has 0 aliphatic carbocycles. The first-order chi connectivity index (χ1) is 7.50. The first-order valence-corrected chi connectivity index (χ1v) is 5.15. The van der Waals surface area contributed by atoms with Gasteiger partial charge in [0.25, 0.3) is 0 Å². The van der Waals surface area contributed by atoms with Crippen LogP contribution < -0.4 is 5.73 Å². The molecular formula is C10H15N5O. The van der Waals surface area contributed by atoms with Gasteiger partial charge in [0.1, 0.15) is 11.9 Å². The fourth-order valence-corrected chi connectivity index (χ4v) is 1.73. The Bertz CT molecular complexity index is 448. The van der Waals surface area contributed by atoms with Crippen molar-refractivity contribution in [2.75, 3.05) is 7.05 Å². The van der Waals surface area contributed by atoms with Crippen molar-refractivity contribution >= 4 is 11.9 Å². The molecule has 2 heterocycles. The van der Waals surface area contributed by atoms with Gasteiger partial charge in [0.05, 0.1) is 6.20 Å². The summed E-state index contributed by atoms with van der Waals surface area (Å²) in [7, 11) is 1.68. The van der Waals surface area contributed by atoms with Gasteiger partial charge in [-0.05, 0) is 13.8 Å². The number of urea groups is 1. The molecule has 86 valence electrons. The summed E-state index contributed by atoms with van der Waals surface area (Å²) in [4.78, 5) is 16.6. The molecule has 6 nitrogen and oxygen atoms in total. The molecule has 1 aromatic rings. The molecule has 1 unspecified atom stereocenters. The van der Waals surface area contributed by atoms with Crippen LogP contribution in [0.15, 0.2) is 17.4 Å². The number of aliphatic imine (C=N–C) groups is 1. The maximum Gasteiger partial charge on any atom is 0.345 e. The molecule has 1 atom stereocenters. The molecule has 0 spiro atoms. The van der Waals surface area contributed by atoms with Crippen LogP contribution in [0, 0.1) is 0 Å². The van der Waals surface area contributed by atoms with Crippen molar-refractivity contribution in [2.24, 2.45) is 10.7 Å². The zero-order valence-corrected chi connectivity index (χ0v) is 9.58. The Labute approximate surface area is 93.7 Å². The standard InChI is InChI=1S/C10H15N5O/c1-6(2)15-5-7(4-12-15)8-9(11)13-10(16)14(8)3/h4-6,8H,1-3H3,(H2,11,13,16). The fourth-order valence-electron chi connectivity index (χ4n) is 1.73. The Morgan fingerprint density at radius 3 is 2.62 bits per heavy atom. The minimum absolute atomic E-state index is 0.278. The first-order valence-electron chi connectivity index (χ1n) is 5.15. The van der Waals surface area contributed by atoms with Gasteiger partial charge in [-0.25, -0.2) is 4.79 Å². The highest BCUT2D eigenvalue weighted by Crippen LogP contribution is 2.25. The molecule has 16 heavy (non-hydrogen) atoms. The normalized spacial score (nSPS) is 20.8. The van der Waals surface area contributed by atoms with Gasteiger partial charge in [-0.3, -0.25) is 4.68 Å². The van der Waals surface area contributed by atoms with Gasteiger partial charge in [-0.2, -0.15) is 10.1 Å². The molecule has 1 aliphatic heterocycles. The van der Waals surface area contributed by atoms with Crippen molar-refractivity contribution in [2.45, 2.75) is 25.9 Å². The van der Waals surface area contributed by atoms with Gasteiger partial charge in [0.15, 0.2) is 0 Å². The van der Waals surface area contributed by atoms with Crippen LogP contribution >= 0.6 is 0 Å². The van der Waals surface area contributed by atoms with Crippen LogP contribution in [0.1, 0.15) is 31.5 Å². The lowest BCUT2D eigenvalue weighted by molar-refractivity contribution is 0.218. The van der Waals surface area contributed by atoms with Crippen LogP contribution in [0.3, 0.4) is 0 Å². The van der Waals surface area contributed by atoms with Crippen LogP contribution in [0.5, 0.6) is 0 Å². The molecule has 0 fully saturated rings. The van der Waals surface area contributed by atoms with Crippen molar-refractivity contribution in [3.05, 3.63) is 18.0 Å². The third kappa shape index (κ3) is 1.56. The molecule has 6 heteroatoms. The molecule has 0 saturated carbocycles. The van der Waals surface area contributed by atoms with E-state index in [4.69, 9.17) is 5.73 Å². The van der Waals surface area contributed by atoms with E-state index in [0.29, 0.717) is 5.84 Å². The summed E-state index contributed by atoms with van der Waals surface area (Å²) in [5.41, 5.74) is 6.62. The maximum atomic E-state index is 11.3. The number of amidine groups is 1. The molecule has 0 radical (unpaired) electrons. The SMILES string of the molecule is CC(C)n1cc(C2C(N)=NC(=O)N2C)cn1. The predicted molar refractivity (Wildman–Crippen MR) is 60.1 cm³/mol. The minimum atomic E-state index is -0.306.